The van der Waals surface area contributed by atoms with Crippen molar-refractivity contribution in [2.45, 2.75) is 0 Å². The Balaban J connectivity index is 1.66. The van der Waals surface area contributed by atoms with Gasteiger partial charge in [-0.15, -0.1) is 11.3 Å². The molecule has 0 spiro atoms. The summed E-state index contributed by atoms with van der Waals surface area (Å²) in [4.78, 5) is 17.7. The molecule has 5 heteroatoms. The van der Waals surface area contributed by atoms with Crippen LogP contribution in [0.1, 0.15) is 0 Å². The fraction of sp³-hybridized carbons (Fsp3) is 0. The molecule has 0 aliphatic heterocycles. The molecule has 23 heavy (non-hydrogen) atoms. The molecule has 2 N–H and O–H groups in total. The highest BCUT2D eigenvalue weighted by molar-refractivity contribution is 7.19. The van der Waals surface area contributed by atoms with E-state index in [9.17, 15) is 0 Å². The molecule has 0 saturated heterocycles. The number of aromatic nitrogens is 4. The zero-order valence-electron chi connectivity index (χ0n) is 12.1. The van der Waals surface area contributed by atoms with Crippen LogP contribution in [0.25, 0.3) is 42.9 Å². The summed E-state index contributed by atoms with van der Waals surface area (Å²) in [6.45, 7) is 0. The highest BCUT2D eigenvalue weighted by Gasteiger charge is 2.12. The fourth-order valence-corrected chi connectivity index (χ4v) is 4.01. The van der Waals surface area contributed by atoms with Gasteiger partial charge in [0.15, 0.2) is 0 Å². The molecule has 0 aromatic carbocycles. The van der Waals surface area contributed by atoms with Gasteiger partial charge in [0, 0.05) is 56.4 Å². The number of nitrogens with one attached hydrogen (secondary N) is 2. The molecule has 0 bridgehead atoms. The summed E-state index contributed by atoms with van der Waals surface area (Å²) >= 11 is 1.78. The van der Waals surface area contributed by atoms with Crippen molar-refractivity contribution in [2.75, 3.05) is 0 Å². The Hall–Kier alpha value is -2.92. The summed E-state index contributed by atoms with van der Waals surface area (Å²) in [7, 11) is 0. The summed E-state index contributed by atoms with van der Waals surface area (Å²) in [5.74, 6) is 0. The Kier molecular flexibility index (Phi) is 2.63. The van der Waals surface area contributed by atoms with E-state index in [1.54, 1.807) is 23.7 Å². The van der Waals surface area contributed by atoms with Gasteiger partial charge in [-0.2, -0.15) is 0 Å². The third kappa shape index (κ3) is 1.90. The number of nitrogens with zero attached hydrogens (tertiary/aromatic N) is 2. The minimum atomic E-state index is 0.925. The van der Waals surface area contributed by atoms with Gasteiger partial charge in [0.1, 0.15) is 11.3 Å². The summed E-state index contributed by atoms with van der Waals surface area (Å²) in [6.07, 6.45) is 7.68. The number of aromatic amines is 2. The van der Waals surface area contributed by atoms with E-state index in [0.717, 1.165) is 22.1 Å². The van der Waals surface area contributed by atoms with Crippen molar-refractivity contribution in [1.82, 2.24) is 19.9 Å². The average Bonchev–Trinajstić information content (AvgIpc) is 3.31. The smallest absolute Gasteiger partial charge is 0.137 e. The minimum absolute atomic E-state index is 0.925. The molecule has 0 fully saturated rings. The molecular formula is C18H12N4S. The van der Waals surface area contributed by atoms with Crippen LogP contribution in [-0.4, -0.2) is 19.9 Å². The second-order valence-corrected chi connectivity index (χ2v) is 6.45. The van der Waals surface area contributed by atoms with Crippen LogP contribution in [0.4, 0.5) is 0 Å². The Morgan fingerprint density at radius 1 is 0.696 bits per heavy atom. The molecule has 5 aromatic rings. The van der Waals surface area contributed by atoms with Crippen molar-refractivity contribution in [1.29, 1.82) is 0 Å². The maximum Gasteiger partial charge on any atom is 0.137 e. The summed E-state index contributed by atoms with van der Waals surface area (Å²) in [5.41, 5.74) is 4.24. The highest BCUT2D eigenvalue weighted by Crippen LogP contribution is 2.39. The normalized spacial score (nSPS) is 11.5. The minimum Gasteiger partial charge on any atom is -0.345 e. The molecule has 110 valence electrons. The van der Waals surface area contributed by atoms with Crippen LogP contribution in [0, 0.1) is 0 Å². The quantitative estimate of drug-likeness (QED) is 0.490. The Morgan fingerprint density at radius 3 is 1.74 bits per heavy atom. The summed E-state index contributed by atoms with van der Waals surface area (Å²) in [6, 6.07) is 12.5. The Morgan fingerprint density at radius 2 is 1.22 bits per heavy atom. The Bertz CT molecular complexity index is 1040. The molecule has 0 saturated carbocycles. The maximum atomic E-state index is 4.36. The van der Waals surface area contributed by atoms with Crippen LogP contribution in [0.5, 0.6) is 0 Å². The lowest BCUT2D eigenvalue weighted by molar-refractivity contribution is 1.33. The topological polar surface area (TPSA) is 57.4 Å². The zero-order chi connectivity index (χ0) is 15.2. The van der Waals surface area contributed by atoms with Crippen LogP contribution in [-0.2, 0) is 0 Å². The molecule has 0 aliphatic rings. The molecule has 0 amide bonds. The second-order valence-electron chi connectivity index (χ2n) is 5.37. The van der Waals surface area contributed by atoms with Gasteiger partial charge in [-0.1, -0.05) is 0 Å². The van der Waals surface area contributed by atoms with Gasteiger partial charge >= 0.3 is 0 Å². The van der Waals surface area contributed by atoms with Crippen LogP contribution in [0.2, 0.25) is 0 Å². The van der Waals surface area contributed by atoms with Gasteiger partial charge in [0.25, 0.3) is 0 Å². The molecule has 0 unspecified atom stereocenters. The molecule has 5 rings (SSSR count). The standard InChI is InChI=1S/C18H12N4S/c1-3-11-13(9-21-17(11)19-7-1)15-5-6-16(23-15)14-10-22-18-12(14)4-2-8-20-18/h1-10H,(H,19,21)(H,20,22). The first-order valence-electron chi connectivity index (χ1n) is 7.35. The average molecular weight is 316 g/mol. The van der Waals surface area contributed by atoms with E-state index < -0.39 is 0 Å². The second kappa shape index (κ2) is 4.79. The molecule has 5 aromatic heterocycles. The van der Waals surface area contributed by atoms with Gasteiger partial charge in [-0.3, -0.25) is 0 Å². The van der Waals surface area contributed by atoms with Gasteiger partial charge in [0.05, 0.1) is 0 Å². The lowest BCUT2D eigenvalue weighted by atomic mass is 10.1. The van der Waals surface area contributed by atoms with Gasteiger partial charge in [-0.25, -0.2) is 9.97 Å². The van der Waals surface area contributed by atoms with Gasteiger partial charge in [-0.05, 0) is 36.4 Å². The van der Waals surface area contributed by atoms with Crippen LogP contribution < -0.4 is 0 Å². The van der Waals surface area contributed by atoms with Crippen LogP contribution >= 0.6 is 11.3 Å². The maximum absolute atomic E-state index is 4.36. The lowest BCUT2D eigenvalue weighted by Gasteiger charge is -1.95. The first kappa shape index (κ1) is 12.6. The lowest BCUT2D eigenvalue weighted by Crippen LogP contribution is -1.73. The van der Waals surface area contributed by atoms with E-state index in [2.05, 4.69) is 44.2 Å². The van der Waals surface area contributed by atoms with Crippen molar-refractivity contribution < 1.29 is 0 Å². The number of thiophene rings is 1. The van der Waals surface area contributed by atoms with Crippen LogP contribution in [0.15, 0.2) is 61.2 Å². The number of rotatable bonds is 2. The van der Waals surface area contributed by atoms with Crippen molar-refractivity contribution in [2.24, 2.45) is 0 Å². The van der Waals surface area contributed by atoms with E-state index in [-0.39, 0.29) is 0 Å². The Labute approximate surface area is 135 Å². The number of H-pyrrole nitrogens is 2. The molecule has 0 atom stereocenters. The third-order valence-corrected chi connectivity index (χ3v) is 5.19. The fourth-order valence-electron chi connectivity index (χ4n) is 2.95. The van der Waals surface area contributed by atoms with E-state index in [1.807, 2.05) is 24.5 Å². The number of pyridine rings is 2. The van der Waals surface area contributed by atoms with Gasteiger partial charge < -0.3 is 9.97 Å². The summed E-state index contributed by atoms with van der Waals surface area (Å²) in [5, 5.41) is 2.31. The molecule has 4 nitrogen and oxygen atoms in total. The predicted molar refractivity (Wildman–Crippen MR) is 94.5 cm³/mol. The first-order valence-corrected chi connectivity index (χ1v) is 8.16. The largest absolute Gasteiger partial charge is 0.345 e. The first-order chi connectivity index (χ1) is 11.4. The van der Waals surface area contributed by atoms with Crippen molar-refractivity contribution in [3.05, 3.63) is 61.2 Å². The molecule has 0 aliphatic carbocycles. The molecule has 5 heterocycles. The number of fused-ring (bicyclic) bond motifs is 2. The van der Waals surface area contributed by atoms with E-state index in [1.165, 1.54) is 20.9 Å². The van der Waals surface area contributed by atoms with E-state index in [4.69, 9.17) is 0 Å². The number of hydrogen-bond donors (Lipinski definition) is 2. The predicted octanol–water partition coefficient (Wildman–Crippen LogP) is 4.83. The molecule has 0 radical (unpaired) electrons. The van der Waals surface area contributed by atoms with Crippen molar-refractivity contribution in [3.8, 4) is 20.9 Å². The van der Waals surface area contributed by atoms with Gasteiger partial charge in [0.2, 0.25) is 0 Å². The SMILES string of the molecule is c1cnc2[nH]cc(-c3ccc(-c4c[nH]c5ncccc45)s3)c2c1. The van der Waals surface area contributed by atoms with Crippen LogP contribution in [0.3, 0.4) is 0 Å². The van der Waals surface area contributed by atoms with Crippen molar-refractivity contribution in [3.63, 3.8) is 0 Å². The van der Waals surface area contributed by atoms with Crippen molar-refractivity contribution >= 4 is 33.4 Å². The summed E-state index contributed by atoms with van der Waals surface area (Å²) < 4.78 is 0. The molecular weight excluding hydrogens is 304 g/mol. The van der Waals surface area contributed by atoms with E-state index in [0.29, 0.717) is 0 Å². The third-order valence-electron chi connectivity index (χ3n) is 4.04. The number of hydrogen-bond acceptors (Lipinski definition) is 3. The highest BCUT2D eigenvalue weighted by atomic mass is 32.1. The zero-order valence-corrected chi connectivity index (χ0v) is 12.9. The van der Waals surface area contributed by atoms with E-state index >= 15 is 0 Å². The monoisotopic (exact) mass is 316 g/mol.